The van der Waals surface area contributed by atoms with Crippen LogP contribution in [0.4, 0.5) is 0 Å². The van der Waals surface area contributed by atoms with Crippen molar-refractivity contribution in [2.24, 2.45) is 11.8 Å². The van der Waals surface area contributed by atoms with E-state index in [0.29, 0.717) is 12.1 Å². The minimum atomic E-state index is 0.266. The number of nitrogens with one attached hydrogen (secondary N) is 2. The van der Waals surface area contributed by atoms with Gasteiger partial charge in [-0.15, -0.1) is 0 Å². The SMILES string of the molecule is N#CC1CCCC1NC1CCCC1C1CCCN1. The van der Waals surface area contributed by atoms with Crippen LogP contribution in [0.2, 0.25) is 0 Å². The van der Waals surface area contributed by atoms with Gasteiger partial charge in [0, 0.05) is 18.1 Å². The van der Waals surface area contributed by atoms with E-state index in [-0.39, 0.29) is 5.92 Å². The summed E-state index contributed by atoms with van der Waals surface area (Å²) < 4.78 is 0. The highest BCUT2D eigenvalue weighted by Crippen LogP contribution is 2.34. The predicted octanol–water partition coefficient (Wildman–Crippen LogP) is 2.19. The maximum atomic E-state index is 9.19. The van der Waals surface area contributed by atoms with Crippen molar-refractivity contribution in [3.63, 3.8) is 0 Å². The molecule has 0 radical (unpaired) electrons. The Kier molecular flexibility index (Phi) is 3.86. The standard InChI is InChI=1S/C15H25N3/c16-10-11-4-1-6-13(11)18-15-7-2-5-12(15)14-8-3-9-17-14/h11-15,17-18H,1-9H2. The van der Waals surface area contributed by atoms with Gasteiger partial charge in [0.15, 0.2) is 0 Å². The van der Waals surface area contributed by atoms with E-state index >= 15 is 0 Å². The van der Waals surface area contributed by atoms with Crippen molar-refractivity contribution in [2.45, 2.75) is 69.5 Å². The van der Waals surface area contributed by atoms with Crippen molar-refractivity contribution in [1.82, 2.24) is 10.6 Å². The maximum Gasteiger partial charge on any atom is 0.0672 e. The first-order valence-corrected chi connectivity index (χ1v) is 7.77. The van der Waals surface area contributed by atoms with E-state index in [1.54, 1.807) is 0 Å². The minimum absolute atomic E-state index is 0.266. The first-order valence-electron chi connectivity index (χ1n) is 7.77. The molecule has 3 rings (SSSR count). The average Bonchev–Trinajstić information content (AvgIpc) is 3.09. The number of nitriles is 1. The van der Waals surface area contributed by atoms with Crippen LogP contribution in [-0.2, 0) is 0 Å². The topological polar surface area (TPSA) is 47.9 Å². The molecule has 2 aliphatic carbocycles. The van der Waals surface area contributed by atoms with E-state index in [1.807, 2.05) is 0 Å². The average molecular weight is 247 g/mol. The molecule has 5 atom stereocenters. The van der Waals surface area contributed by atoms with Crippen molar-refractivity contribution >= 4 is 0 Å². The van der Waals surface area contributed by atoms with E-state index in [4.69, 9.17) is 0 Å². The van der Waals surface area contributed by atoms with Crippen molar-refractivity contribution in [3.8, 4) is 6.07 Å². The summed E-state index contributed by atoms with van der Waals surface area (Å²) in [6.45, 7) is 1.21. The molecule has 3 heteroatoms. The molecule has 2 N–H and O–H groups in total. The fraction of sp³-hybridized carbons (Fsp3) is 0.933. The van der Waals surface area contributed by atoms with Gasteiger partial charge < -0.3 is 10.6 Å². The van der Waals surface area contributed by atoms with Gasteiger partial charge in [-0.05, 0) is 51.0 Å². The lowest BCUT2D eigenvalue weighted by Crippen LogP contribution is -2.47. The fourth-order valence-electron chi connectivity index (χ4n) is 4.34. The summed E-state index contributed by atoms with van der Waals surface area (Å²) in [7, 11) is 0. The molecule has 0 aromatic rings. The largest absolute Gasteiger partial charge is 0.314 e. The molecule has 0 amide bonds. The maximum absolute atomic E-state index is 9.19. The molecule has 3 fully saturated rings. The van der Waals surface area contributed by atoms with Gasteiger partial charge >= 0.3 is 0 Å². The molecular weight excluding hydrogens is 222 g/mol. The third-order valence-corrected chi connectivity index (χ3v) is 5.29. The minimum Gasteiger partial charge on any atom is -0.314 e. The highest BCUT2D eigenvalue weighted by molar-refractivity contribution is 5.00. The smallest absolute Gasteiger partial charge is 0.0672 e. The summed E-state index contributed by atoms with van der Waals surface area (Å²) in [5, 5.41) is 16.7. The number of hydrogen-bond acceptors (Lipinski definition) is 3. The molecular formula is C15H25N3. The molecule has 5 unspecified atom stereocenters. The lowest BCUT2D eigenvalue weighted by molar-refractivity contribution is 0.287. The van der Waals surface area contributed by atoms with Crippen molar-refractivity contribution in [1.29, 1.82) is 5.26 Å². The zero-order valence-electron chi connectivity index (χ0n) is 11.2. The summed E-state index contributed by atoms with van der Waals surface area (Å²) in [4.78, 5) is 0. The Morgan fingerprint density at radius 2 is 1.78 bits per heavy atom. The van der Waals surface area contributed by atoms with Crippen molar-refractivity contribution in [3.05, 3.63) is 0 Å². The first kappa shape index (κ1) is 12.4. The molecule has 1 heterocycles. The second-order valence-electron chi connectivity index (χ2n) is 6.34. The van der Waals surface area contributed by atoms with E-state index in [2.05, 4.69) is 16.7 Å². The third-order valence-electron chi connectivity index (χ3n) is 5.29. The molecule has 0 aromatic heterocycles. The fourth-order valence-corrected chi connectivity index (χ4v) is 4.34. The normalized spacial score (nSPS) is 44.3. The Bertz CT molecular complexity index is 316. The van der Waals surface area contributed by atoms with Gasteiger partial charge in [0.2, 0.25) is 0 Å². The lowest BCUT2D eigenvalue weighted by atomic mass is 9.92. The van der Waals surface area contributed by atoms with E-state index in [1.165, 1.54) is 51.5 Å². The summed E-state index contributed by atoms with van der Waals surface area (Å²) in [5.41, 5.74) is 0. The number of nitrogens with zero attached hydrogens (tertiary/aromatic N) is 1. The van der Waals surface area contributed by atoms with Crippen LogP contribution in [0.15, 0.2) is 0 Å². The molecule has 1 aliphatic heterocycles. The number of rotatable bonds is 3. The molecule has 1 saturated heterocycles. The summed E-state index contributed by atoms with van der Waals surface area (Å²) >= 11 is 0. The Labute approximate surface area is 110 Å². The quantitative estimate of drug-likeness (QED) is 0.803. The van der Waals surface area contributed by atoms with E-state index in [0.717, 1.165) is 18.4 Å². The van der Waals surface area contributed by atoms with Crippen LogP contribution in [0.25, 0.3) is 0 Å². The molecule has 3 aliphatic rings. The van der Waals surface area contributed by atoms with Crippen LogP contribution in [0.3, 0.4) is 0 Å². The van der Waals surface area contributed by atoms with Crippen LogP contribution < -0.4 is 10.6 Å². The van der Waals surface area contributed by atoms with Crippen LogP contribution in [0.1, 0.15) is 51.4 Å². The predicted molar refractivity (Wildman–Crippen MR) is 72.0 cm³/mol. The highest BCUT2D eigenvalue weighted by atomic mass is 15.0. The Morgan fingerprint density at radius 1 is 0.944 bits per heavy atom. The van der Waals surface area contributed by atoms with Gasteiger partial charge in [-0.3, -0.25) is 0 Å². The molecule has 0 aromatic carbocycles. The van der Waals surface area contributed by atoms with Gasteiger partial charge in [-0.2, -0.15) is 5.26 Å². The molecule has 18 heavy (non-hydrogen) atoms. The van der Waals surface area contributed by atoms with Crippen LogP contribution in [0, 0.1) is 23.2 Å². The van der Waals surface area contributed by atoms with Gasteiger partial charge in [0.1, 0.15) is 0 Å². The highest BCUT2D eigenvalue weighted by Gasteiger charge is 2.38. The molecule has 100 valence electrons. The molecule has 3 nitrogen and oxygen atoms in total. The molecule has 2 saturated carbocycles. The second-order valence-corrected chi connectivity index (χ2v) is 6.34. The van der Waals surface area contributed by atoms with Crippen LogP contribution in [0.5, 0.6) is 0 Å². The first-order chi connectivity index (χ1) is 8.88. The van der Waals surface area contributed by atoms with Gasteiger partial charge in [0.05, 0.1) is 12.0 Å². The third kappa shape index (κ3) is 2.41. The lowest BCUT2D eigenvalue weighted by Gasteiger charge is -2.30. The zero-order valence-corrected chi connectivity index (χ0v) is 11.2. The Morgan fingerprint density at radius 3 is 2.56 bits per heavy atom. The van der Waals surface area contributed by atoms with Crippen LogP contribution >= 0.6 is 0 Å². The molecule has 0 bridgehead atoms. The van der Waals surface area contributed by atoms with Crippen molar-refractivity contribution in [2.75, 3.05) is 6.54 Å². The monoisotopic (exact) mass is 247 g/mol. The second kappa shape index (κ2) is 5.59. The Balaban J connectivity index is 1.59. The van der Waals surface area contributed by atoms with Gasteiger partial charge in [-0.25, -0.2) is 0 Å². The zero-order chi connectivity index (χ0) is 12.4. The van der Waals surface area contributed by atoms with Gasteiger partial charge in [0.25, 0.3) is 0 Å². The van der Waals surface area contributed by atoms with E-state index < -0.39 is 0 Å². The Hall–Kier alpha value is -0.590. The summed E-state index contributed by atoms with van der Waals surface area (Å²) in [6.07, 6.45) is 10.3. The summed E-state index contributed by atoms with van der Waals surface area (Å²) in [5.74, 6) is 1.08. The van der Waals surface area contributed by atoms with Crippen molar-refractivity contribution < 1.29 is 0 Å². The van der Waals surface area contributed by atoms with Gasteiger partial charge in [-0.1, -0.05) is 12.8 Å². The summed E-state index contributed by atoms with van der Waals surface area (Å²) in [6, 6.07) is 4.38. The molecule has 0 spiro atoms. The van der Waals surface area contributed by atoms with E-state index in [9.17, 15) is 5.26 Å². The van der Waals surface area contributed by atoms with Crippen LogP contribution in [-0.4, -0.2) is 24.7 Å². The number of hydrogen-bond donors (Lipinski definition) is 2.